The van der Waals surface area contributed by atoms with E-state index in [4.69, 9.17) is 4.42 Å². The normalized spacial score (nSPS) is 10.9. The molecule has 1 heterocycles. The third-order valence-corrected chi connectivity index (χ3v) is 3.19. The monoisotopic (exact) mass is 286 g/mol. The molecule has 0 bridgehead atoms. The molecule has 6 nitrogen and oxygen atoms in total. The molecule has 0 aliphatic carbocycles. The summed E-state index contributed by atoms with van der Waals surface area (Å²) in [5.41, 5.74) is 2.74. The van der Waals surface area contributed by atoms with Gasteiger partial charge in [0.25, 0.3) is 0 Å². The number of aryl methyl sites for hydroxylation is 1. The molecule has 1 aromatic heterocycles. The summed E-state index contributed by atoms with van der Waals surface area (Å²) in [6, 6.07) is 8.35. The number of anilines is 1. The zero-order chi connectivity index (χ0) is 15.0. The van der Waals surface area contributed by atoms with Crippen LogP contribution in [-0.4, -0.2) is 20.3 Å². The Morgan fingerprint density at radius 1 is 1.10 bits per heavy atom. The Morgan fingerprint density at radius 2 is 1.90 bits per heavy atom. The Hall–Kier alpha value is -2.89. The van der Waals surface area contributed by atoms with Crippen LogP contribution >= 0.6 is 0 Å². The van der Waals surface area contributed by atoms with Crippen LogP contribution in [0.5, 0.6) is 17.2 Å². The Labute approximate surface area is 120 Å². The molecular weight excluding hydrogens is 272 g/mol. The van der Waals surface area contributed by atoms with Crippen LogP contribution in [0.1, 0.15) is 11.5 Å². The Kier molecular flexibility index (Phi) is 3.06. The third kappa shape index (κ3) is 2.43. The summed E-state index contributed by atoms with van der Waals surface area (Å²) < 4.78 is 5.39. The van der Waals surface area contributed by atoms with Crippen molar-refractivity contribution in [2.45, 2.75) is 13.5 Å². The average molecular weight is 286 g/mol. The van der Waals surface area contributed by atoms with E-state index in [1.807, 2.05) is 18.2 Å². The van der Waals surface area contributed by atoms with E-state index in [1.165, 1.54) is 12.1 Å². The van der Waals surface area contributed by atoms with Crippen LogP contribution < -0.4 is 5.32 Å². The van der Waals surface area contributed by atoms with Crippen molar-refractivity contribution in [3.63, 3.8) is 0 Å². The van der Waals surface area contributed by atoms with Crippen LogP contribution in [0.3, 0.4) is 0 Å². The number of oxazole rings is 1. The summed E-state index contributed by atoms with van der Waals surface area (Å²) in [5.74, 6) is -0.600. The number of rotatable bonds is 3. The standard InChI is InChI=1S/C15H14N2O4/c1-8-17-11-6-10(3-5-13(11)21-8)16-7-9-2-4-12(18)15(20)14(9)19/h2-6,16,18-20H,7H2,1H3. The molecule has 0 radical (unpaired) electrons. The predicted octanol–water partition coefficient (Wildman–Crippen LogP) is 2.87. The second-order valence-corrected chi connectivity index (χ2v) is 4.71. The second-order valence-electron chi connectivity index (χ2n) is 4.71. The maximum absolute atomic E-state index is 9.75. The topological polar surface area (TPSA) is 98.8 Å². The number of hydrogen-bond acceptors (Lipinski definition) is 6. The van der Waals surface area contributed by atoms with Gasteiger partial charge in [-0.3, -0.25) is 0 Å². The first-order chi connectivity index (χ1) is 10.0. The van der Waals surface area contributed by atoms with Crippen molar-refractivity contribution >= 4 is 16.8 Å². The van der Waals surface area contributed by atoms with Crippen molar-refractivity contribution in [2.75, 3.05) is 5.32 Å². The highest BCUT2D eigenvalue weighted by Crippen LogP contribution is 2.37. The minimum atomic E-state index is -0.517. The number of benzene rings is 2. The maximum Gasteiger partial charge on any atom is 0.200 e. The molecule has 0 unspecified atom stereocenters. The highest BCUT2D eigenvalue weighted by Gasteiger charge is 2.11. The Morgan fingerprint density at radius 3 is 2.71 bits per heavy atom. The number of nitrogens with one attached hydrogen (secondary N) is 1. The summed E-state index contributed by atoms with van der Waals surface area (Å²) in [6.07, 6.45) is 0. The number of phenolic OH excluding ortho intramolecular Hbond substituents is 3. The molecule has 4 N–H and O–H groups in total. The zero-order valence-corrected chi connectivity index (χ0v) is 11.3. The van der Waals surface area contributed by atoms with Gasteiger partial charge in [0, 0.05) is 24.7 Å². The van der Waals surface area contributed by atoms with Gasteiger partial charge in [-0.05, 0) is 30.3 Å². The van der Waals surface area contributed by atoms with Gasteiger partial charge in [0.05, 0.1) is 0 Å². The van der Waals surface area contributed by atoms with Crippen molar-refractivity contribution in [1.82, 2.24) is 4.98 Å². The van der Waals surface area contributed by atoms with Crippen LogP contribution in [0.2, 0.25) is 0 Å². The summed E-state index contributed by atoms with van der Waals surface area (Å²) in [5, 5.41) is 31.6. The summed E-state index contributed by atoms with van der Waals surface area (Å²) in [4.78, 5) is 4.24. The highest BCUT2D eigenvalue weighted by molar-refractivity contribution is 5.77. The lowest BCUT2D eigenvalue weighted by Gasteiger charge is -2.09. The fraction of sp³-hybridized carbons (Fsp3) is 0.133. The molecule has 3 aromatic rings. The molecule has 0 saturated heterocycles. The molecule has 0 fully saturated rings. The van der Waals surface area contributed by atoms with E-state index in [0.717, 1.165) is 11.2 Å². The van der Waals surface area contributed by atoms with Crippen molar-refractivity contribution in [1.29, 1.82) is 0 Å². The lowest BCUT2D eigenvalue weighted by molar-refractivity contribution is 0.365. The van der Waals surface area contributed by atoms with Crippen molar-refractivity contribution in [3.05, 3.63) is 41.8 Å². The first-order valence-corrected chi connectivity index (χ1v) is 6.38. The van der Waals surface area contributed by atoms with E-state index in [1.54, 1.807) is 6.92 Å². The Balaban J connectivity index is 1.81. The van der Waals surface area contributed by atoms with Gasteiger partial charge in [-0.25, -0.2) is 4.98 Å². The van der Waals surface area contributed by atoms with E-state index >= 15 is 0 Å². The van der Waals surface area contributed by atoms with Crippen LogP contribution in [0, 0.1) is 6.92 Å². The van der Waals surface area contributed by atoms with E-state index < -0.39 is 5.75 Å². The lowest BCUT2D eigenvalue weighted by atomic mass is 10.1. The number of fused-ring (bicyclic) bond motifs is 1. The number of nitrogens with zero attached hydrogens (tertiary/aromatic N) is 1. The molecule has 3 rings (SSSR count). The molecule has 0 saturated carbocycles. The molecular formula is C15H14N2O4. The fourth-order valence-electron chi connectivity index (χ4n) is 2.10. The summed E-state index contributed by atoms with van der Waals surface area (Å²) in [6.45, 7) is 2.08. The molecule has 6 heteroatoms. The van der Waals surface area contributed by atoms with Crippen molar-refractivity contribution < 1.29 is 19.7 Å². The average Bonchev–Trinajstić information content (AvgIpc) is 2.83. The van der Waals surface area contributed by atoms with Gasteiger partial charge in [-0.2, -0.15) is 0 Å². The minimum absolute atomic E-state index is 0.294. The van der Waals surface area contributed by atoms with Crippen LogP contribution in [0.4, 0.5) is 5.69 Å². The van der Waals surface area contributed by atoms with Crippen molar-refractivity contribution in [3.8, 4) is 17.2 Å². The quantitative estimate of drug-likeness (QED) is 0.553. The van der Waals surface area contributed by atoms with Gasteiger partial charge in [0.2, 0.25) is 5.75 Å². The molecule has 0 amide bonds. The zero-order valence-electron chi connectivity index (χ0n) is 11.3. The second kappa shape index (κ2) is 4.90. The van der Waals surface area contributed by atoms with Crippen LogP contribution in [-0.2, 0) is 6.54 Å². The Bertz CT molecular complexity index is 811. The molecule has 0 spiro atoms. The largest absolute Gasteiger partial charge is 0.504 e. The van der Waals surface area contributed by atoms with Crippen LogP contribution in [0.15, 0.2) is 34.7 Å². The molecule has 0 aliphatic rings. The van der Waals surface area contributed by atoms with Gasteiger partial charge in [-0.1, -0.05) is 0 Å². The summed E-state index contributed by atoms with van der Waals surface area (Å²) >= 11 is 0. The predicted molar refractivity (Wildman–Crippen MR) is 77.5 cm³/mol. The number of phenols is 3. The van der Waals surface area contributed by atoms with E-state index in [0.29, 0.717) is 23.6 Å². The number of aromatic hydroxyl groups is 3. The number of hydrogen-bond donors (Lipinski definition) is 4. The van der Waals surface area contributed by atoms with Gasteiger partial charge in [0.1, 0.15) is 5.52 Å². The minimum Gasteiger partial charge on any atom is -0.504 e. The molecule has 21 heavy (non-hydrogen) atoms. The third-order valence-electron chi connectivity index (χ3n) is 3.19. The molecule has 108 valence electrons. The van der Waals surface area contributed by atoms with Crippen molar-refractivity contribution in [2.24, 2.45) is 0 Å². The first-order valence-electron chi connectivity index (χ1n) is 6.38. The van der Waals surface area contributed by atoms with Gasteiger partial charge < -0.3 is 25.1 Å². The lowest BCUT2D eigenvalue weighted by Crippen LogP contribution is -1.99. The molecule has 0 aliphatic heterocycles. The van der Waals surface area contributed by atoms with Crippen LogP contribution in [0.25, 0.3) is 11.1 Å². The fourth-order valence-corrected chi connectivity index (χ4v) is 2.10. The molecule has 0 atom stereocenters. The SMILES string of the molecule is Cc1nc2cc(NCc3ccc(O)c(O)c3O)ccc2o1. The van der Waals surface area contributed by atoms with Gasteiger partial charge in [0.15, 0.2) is 23.0 Å². The maximum atomic E-state index is 9.75. The first kappa shape index (κ1) is 13.1. The smallest absolute Gasteiger partial charge is 0.200 e. The van der Waals surface area contributed by atoms with E-state index in [2.05, 4.69) is 10.3 Å². The molecule has 2 aromatic carbocycles. The number of aromatic nitrogens is 1. The van der Waals surface area contributed by atoms with Gasteiger partial charge in [-0.15, -0.1) is 0 Å². The highest BCUT2D eigenvalue weighted by atomic mass is 16.3. The van der Waals surface area contributed by atoms with Gasteiger partial charge >= 0.3 is 0 Å². The summed E-state index contributed by atoms with van der Waals surface area (Å²) in [7, 11) is 0. The van der Waals surface area contributed by atoms with E-state index in [-0.39, 0.29) is 11.5 Å². The van der Waals surface area contributed by atoms with E-state index in [9.17, 15) is 15.3 Å².